The molecule has 0 bridgehead atoms. The fraction of sp³-hybridized carbons (Fsp3) is 0.556. The summed E-state index contributed by atoms with van der Waals surface area (Å²) < 4.78 is 10.1. The van der Waals surface area contributed by atoms with Crippen LogP contribution in [0, 0.1) is 11.8 Å². The first kappa shape index (κ1) is 17.7. The molecule has 9 heteroatoms. The first-order valence-corrected chi connectivity index (χ1v) is 9.05. The van der Waals surface area contributed by atoms with Crippen LogP contribution in [0.15, 0.2) is 12.3 Å². The number of carbonyl (C=O) groups excluding carboxylic acids is 3. The van der Waals surface area contributed by atoms with Crippen LogP contribution in [0.2, 0.25) is 0 Å². The van der Waals surface area contributed by atoms with Gasteiger partial charge in [-0.15, -0.1) is 0 Å². The number of amides is 3. The number of pyridine rings is 1. The van der Waals surface area contributed by atoms with Crippen molar-refractivity contribution in [2.24, 2.45) is 11.8 Å². The van der Waals surface area contributed by atoms with E-state index in [1.165, 1.54) is 13.3 Å². The normalized spacial score (nSPS) is 24.0. The Kier molecular flexibility index (Phi) is 4.69. The third-order valence-electron chi connectivity index (χ3n) is 5.21. The van der Waals surface area contributed by atoms with Gasteiger partial charge in [0, 0.05) is 32.3 Å². The highest BCUT2D eigenvalue weighted by molar-refractivity contribution is 5.99. The zero-order valence-corrected chi connectivity index (χ0v) is 15.1. The zero-order valence-electron chi connectivity index (χ0n) is 15.1. The number of rotatable bonds is 5. The number of methoxy groups -OCH3 is 1. The summed E-state index contributed by atoms with van der Waals surface area (Å²) >= 11 is 0. The molecule has 0 aromatic carbocycles. The molecule has 3 heterocycles. The molecule has 1 saturated carbocycles. The molecule has 1 aliphatic carbocycles. The van der Waals surface area contributed by atoms with E-state index >= 15 is 0 Å². The molecule has 1 aromatic rings. The summed E-state index contributed by atoms with van der Waals surface area (Å²) in [6.45, 7) is 0.985. The second-order valence-electron chi connectivity index (χ2n) is 7.23. The molecule has 144 valence electrons. The Labute approximate surface area is 156 Å². The number of nitrogens with one attached hydrogen (secondary N) is 2. The van der Waals surface area contributed by atoms with Crippen molar-refractivity contribution in [2.75, 3.05) is 38.7 Å². The Hall–Kier alpha value is -2.68. The van der Waals surface area contributed by atoms with E-state index in [1.54, 1.807) is 11.0 Å². The van der Waals surface area contributed by atoms with E-state index in [4.69, 9.17) is 9.47 Å². The van der Waals surface area contributed by atoms with Crippen molar-refractivity contribution in [1.29, 1.82) is 0 Å². The van der Waals surface area contributed by atoms with Crippen LogP contribution in [0.3, 0.4) is 0 Å². The van der Waals surface area contributed by atoms with Gasteiger partial charge in [-0.3, -0.25) is 14.4 Å². The van der Waals surface area contributed by atoms with Gasteiger partial charge in [-0.2, -0.15) is 0 Å². The van der Waals surface area contributed by atoms with Gasteiger partial charge in [0.25, 0.3) is 11.8 Å². The van der Waals surface area contributed by atoms with Gasteiger partial charge in [-0.05, 0) is 24.8 Å². The molecule has 1 aromatic heterocycles. The van der Waals surface area contributed by atoms with E-state index in [-0.39, 0.29) is 42.9 Å². The molecule has 2 aliphatic heterocycles. The smallest absolute Gasteiger partial charge is 0.262 e. The quantitative estimate of drug-likeness (QED) is 0.752. The van der Waals surface area contributed by atoms with Crippen molar-refractivity contribution in [2.45, 2.75) is 18.9 Å². The number of aromatic nitrogens is 1. The molecule has 27 heavy (non-hydrogen) atoms. The van der Waals surface area contributed by atoms with Crippen LogP contribution in [-0.2, 0) is 14.3 Å². The summed E-state index contributed by atoms with van der Waals surface area (Å²) in [6, 6.07) is 1.52. The Morgan fingerprint density at radius 1 is 1.41 bits per heavy atom. The third-order valence-corrected chi connectivity index (χ3v) is 5.21. The van der Waals surface area contributed by atoms with E-state index in [9.17, 15) is 14.4 Å². The number of likely N-dealkylation sites (tertiary alicyclic amines) is 1. The molecule has 1 saturated heterocycles. The molecule has 2 atom stereocenters. The van der Waals surface area contributed by atoms with Crippen LogP contribution in [0.25, 0.3) is 0 Å². The van der Waals surface area contributed by atoms with E-state index in [1.807, 2.05) is 0 Å². The predicted molar refractivity (Wildman–Crippen MR) is 94.3 cm³/mol. The minimum absolute atomic E-state index is 0.0102. The number of hydrogen-bond acceptors (Lipinski definition) is 6. The van der Waals surface area contributed by atoms with Crippen molar-refractivity contribution in [1.82, 2.24) is 15.2 Å². The average molecular weight is 374 g/mol. The summed E-state index contributed by atoms with van der Waals surface area (Å²) in [6.07, 6.45) is 3.72. The van der Waals surface area contributed by atoms with Crippen molar-refractivity contribution in [3.05, 3.63) is 17.8 Å². The van der Waals surface area contributed by atoms with Gasteiger partial charge in [-0.1, -0.05) is 0 Å². The second-order valence-corrected chi connectivity index (χ2v) is 7.23. The fourth-order valence-corrected chi connectivity index (χ4v) is 3.81. The first-order chi connectivity index (χ1) is 13.0. The van der Waals surface area contributed by atoms with Crippen molar-refractivity contribution in [3.8, 4) is 5.88 Å². The van der Waals surface area contributed by atoms with Gasteiger partial charge in [-0.25, -0.2) is 4.98 Å². The number of ether oxygens (including phenoxy) is 2. The molecule has 4 rings (SSSR count). The standard InChI is InChI=1S/C18H22N4O5/c1-26-8-15(23)21-14-7-22(6-12(14)10-2-3-10)18(25)11-4-13-17(19-5-11)27-9-16(24)20-13/h4-5,10,12,14H,2-3,6-9H2,1H3,(H,20,24)(H,21,23)/t12-,14+/m0/s1. The summed E-state index contributed by atoms with van der Waals surface area (Å²) in [4.78, 5) is 42.2. The van der Waals surface area contributed by atoms with E-state index in [0.717, 1.165) is 12.8 Å². The highest BCUT2D eigenvalue weighted by atomic mass is 16.5. The molecular formula is C18H22N4O5. The van der Waals surface area contributed by atoms with Crippen LogP contribution in [0.4, 0.5) is 5.69 Å². The fourth-order valence-electron chi connectivity index (χ4n) is 3.81. The monoisotopic (exact) mass is 374 g/mol. The van der Waals surface area contributed by atoms with Crippen molar-refractivity contribution in [3.63, 3.8) is 0 Å². The first-order valence-electron chi connectivity index (χ1n) is 9.05. The van der Waals surface area contributed by atoms with Gasteiger partial charge in [0.1, 0.15) is 12.3 Å². The van der Waals surface area contributed by atoms with Crippen LogP contribution < -0.4 is 15.4 Å². The average Bonchev–Trinajstić information content (AvgIpc) is 3.41. The molecule has 0 spiro atoms. The number of hydrogen-bond donors (Lipinski definition) is 2. The maximum Gasteiger partial charge on any atom is 0.262 e. The van der Waals surface area contributed by atoms with Crippen molar-refractivity contribution < 1.29 is 23.9 Å². The van der Waals surface area contributed by atoms with Gasteiger partial charge in [0.15, 0.2) is 6.61 Å². The molecule has 0 radical (unpaired) electrons. The molecule has 3 amide bonds. The van der Waals surface area contributed by atoms with Gasteiger partial charge < -0.3 is 25.0 Å². The Bertz CT molecular complexity index is 779. The Morgan fingerprint density at radius 3 is 2.96 bits per heavy atom. The topological polar surface area (TPSA) is 110 Å². The van der Waals surface area contributed by atoms with Crippen LogP contribution in [0.1, 0.15) is 23.2 Å². The Balaban J connectivity index is 1.48. The number of nitrogens with zero attached hydrogens (tertiary/aromatic N) is 2. The van der Waals surface area contributed by atoms with Crippen LogP contribution in [0.5, 0.6) is 5.88 Å². The van der Waals surface area contributed by atoms with E-state index in [2.05, 4.69) is 15.6 Å². The van der Waals surface area contributed by atoms with Gasteiger partial charge in [0.2, 0.25) is 11.8 Å². The van der Waals surface area contributed by atoms with Gasteiger partial charge in [0.05, 0.1) is 11.6 Å². The van der Waals surface area contributed by atoms with Crippen molar-refractivity contribution >= 4 is 23.4 Å². The maximum atomic E-state index is 13.0. The highest BCUT2D eigenvalue weighted by Gasteiger charge is 2.44. The SMILES string of the molecule is COCC(=O)N[C@@H]1CN(C(=O)c2cnc3c(c2)NC(=O)CO3)C[C@H]1C1CC1. The lowest BCUT2D eigenvalue weighted by molar-refractivity contribution is -0.125. The molecule has 2 fully saturated rings. The lowest BCUT2D eigenvalue weighted by Crippen LogP contribution is -2.43. The third kappa shape index (κ3) is 3.73. The molecule has 2 N–H and O–H groups in total. The second kappa shape index (κ2) is 7.15. The lowest BCUT2D eigenvalue weighted by Gasteiger charge is -2.20. The zero-order chi connectivity index (χ0) is 19.0. The largest absolute Gasteiger partial charge is 0.466 e. The minimum atomic E-state index is -0.273. The predicted octanol–water partition coefficient (Wildman–Crippen LogP) is 0.0257. The summed E-state index contributed by atoms with van der Waals surface area (Å²) in [5.74, 6) is 0.503. The summed E-state index contributed by atoms with van der Waals surface area (Å²) in [7, 11) is 1.48. The Morgan fingerprint density at radius 2 is 2.22 bits per heavy atom. The molecular weight excluding hydrogens is 352 g/mol. The van der Waals surface area contributed by atoms with Crippen LogP contribution in [-0.4, -0.2) is 67.1 Å². The minimum Gasteiger partial charge on any atom is -0.466 e. The highest BCUT2D eigenvalue weighted by Crippen LogP contribution is 2.41. The lowest BCUT2D eigenvalue weighted by atomic mass is 9.98. The number of carbonyl (C=O) groups is 3. The van der Waals surface area contributed by atoms with Crippen LogP contribution >= 0.6 is 0 Å². The van der Waals surface area contributed by atoms with E-state index < -0.39 is 0 Å². The van der Waals surface area contributed by atoms with E-state index in [0.29, 0.717) is 36.1 Å². The molecule has 0 unspecified atom stereocenters. The van der Waals surface area contributed by atoms with Gasteiger partial charge >= 0.3 is 0 Å². The molecule has 3 aliphatic rings. The summed E-state index contributed by atoms with van der Waals surface area (Å²) in [5.41, 5.74) is 0.790. The maximum absolute atomic E-state index is 13.0. The summed E-state index contributed by atoms with van der Waals surface area (Å²) in [5, 5.41) is 5.66. The number of fused-ring (bicyclic) bond motifs is 1. The molecule has 9 nitrogen and oxygen atoms in total. The number of anilines is 1.